The molecule has 6 atom stereocenters. The van der Waals surface area contributed by atoms with E-state index in [1.165, 1.54) is 37.3 Å². The van der Waals surface area contributed by atoms with Gasteiger partial charge in [0.25, 0.3) is 0 Å². The van der Waals surface area contributed by atoms with Gasteiger partial charge in [0.15, 0.2) is 6.29 Å². The van der Waals surface area contributed by atoms with E-state index in [9.17, 15) is 9.90 Å². The lowest BCUT2D eigenvalue weighted by atomic mass is 9.46. The molecule has 4 aliphatic rings. The van der Waals surface area contributed by atoms with Crippen LogP contribution in [-0.4, -0.2) is 41.7 Å². The van der Waals surface area contributed by atoms with Gasteiger partial charge in [-0.25, -0.2) is 9.78 Å². The summed E-state index contributed by atoms with van der Waals surface area (Å²) < 4.78 is 19.0. The van der Waals surface area contributed by atoms with Crippen molar-refractivity contribution in [2.75, 3.05) is 13.2 Å². The molecule has 1 unspecified atom stereocenters. The van der Waals surface area contributed by atoms with Crippen LogP contribution in [-0.2, 0) is 9.47 Å². The molecule has 1 aromatic heterocycles. The Morgan fingerprint density at radius 1 is 1.24 bits per heavy atom. The topological polar surface area (TPSA) is 77.9 Å². The van der Waals surface area contributed by atoms with Gasteiger partial charge < -0.3 is 19.3 Å². The third-order valence-electron chi connectivity index (χ3n) is 9.60. The standard InChI is InChI=1S/C28H39NO5/c1-18-10-11-22-27(2,21(18)13-16-32-24-20(25(30)31)9-6-15-29-24)14-12-23-28(22,3)17-33-26(34-23)19-7-4-5-8-19/h6,9,15,19,21-23,26H,1,4-5,7-8,10-14,16-17H2,2-3H3,(H,30,31)/t21-,22?,23-,26-,27+,28+/m1/s1. The molecule has 5 rings (SSSR count). The van der Waals surface area contributed by atoms with Crippen molar-refractivity contribution >= 4 is 5.97 Å². The average molecular weight is 470 g/mol. The fraction of sp³-hybridized carbons (Fsp3) is 0.714. The number of aromatic carboxylic acids is 1. The van der Waals surface area contributed by atoms with E-state index in [0.29, 0.717) is 24.4 Å². The highest BCUT2D eigenvalue weighted by atomic mass is 16.7. The zero-order valence-corrected chi connectivity index (χ0v) is 20.6. The van der Waals surface area contributed by atoms with Crippen LogP contribution in [0.25, 0.3) is 0 Å². The van der Waals surface area contributed by atoms with Crippen molar-refractivity contribution in [3.8, 4) is 5.88 Å². The molecule has 0 aromatic carbocycles. The summed E-state index contributed by atoms with van der Waals surface area (Å²) in [6.07, 6.45) is 12.0. The molecule has 3 aliphatic carbocycles. The number of carbonyl (C=O) groups is 1. The first-order valence-electron chi connectivity index (χ1n) is 13.1. The first kappa shape index (κ1) is 23.8. The number of allylic oxidation sites excluding steroid dienone is 1. The number of rotatable bonds is 6. The number of hydrogen-bond acceptors (Lipinski definition) is 5. The fourth-order valence-electron chi connectivity index (χ4n) is 7.80. The van der Waals surface area contributed by atoms with Crippen molar-refractivity contribution < 1.29 is 24.1 Å². The second kappa shape index (κ2) is 9.27. The monoisotopic (exact) mass is 469 g/mol. The Hall–Kier alpha value is -1.92. The second-order valence-electron chi connectivity index (χ2n) is 11.5. The van der Waals surface area contributed by atoms with Crippen molar-refractivity contribution in [1.29, 1.82) is 0 Å². The maximum atomic E-state index is 11.5. The molecule has 186 valence electrons. The van der Waals surface area contributed by atoms with Crippen LogP contribution in [0.2, 0.25) is 0 Å². The van der Waals surface area contributed by atoms with E-state index in [-0.39, 0.29) is 34.7 Å². The van der Waals surface area contributed by atoms with Gasteiger partial charge in [-0.05, 0) is 74.3 Å². The lowest BCUT2D eigenvalue weighted by Crippen LogP contribution is -2.62. The molecule has 0 radical (unpaired) electrons. The predicted octanol–water partition coefficient (Wildman–Crippen LogP) is 5.87. The number of pyridine rings is 1. The zero-order valence-electron chi connectivity index (χ0n) is 20.6. The molecule has 4 fully saturated rings. The van der Waals surface area contributed by atoms with E-state index >= 15 is 0 Å². The number of aromatic nitrogens is 1. The van der Waals surface area contributed by atoms with E-state index in [1.54, 1.807) is 12.3 Å². The van der Waals surface area contributed by atoms with Crippen LogP contribution >= 0.6 is 0 Å². The van der Waals surface area contributed by atoms with E-state index in [2.05, 4.69) is 25.4 Å². The minimum Gasteiger partial charge on any atom is -0.477 e. The van der Waals surface area contributed by atoms with E-state index in [0.717, 1.165) is 38.7 Å². The number of carboxylic acids is 1. The average Bonchev–Trinajstić information content (AvgIpc) is 3.35. The van der Waals surface area contributed by atoms with Crippen molar-refractivity contribution in [3.05, 3.63) is 36.0 Å². The van der Waals surface area contributed by atoms with Crippen LogP contribution in [0.4, 0.5) is 0 Å². The third-order valence-corrected chi connectivity index (χ3v) is 9.60. The molecule has 2 heterocycles. The summed E-state index contributed by atoms with van der Waals surface area (Å²) in [5.41, 5.74) is 1.52. The molecule has 34 heavy (non-hydrogen) atoms. The summed E-state index contributed by atoms with van der Waals surface area (Å²) in [5, 5.41) is 9.42. The van der Waals surface area contributed by atoms with E-state index in [4.69, 9.17) is 14.2 Å². The first-order chi connectivity index (χ1) is 16.3. The highest BCUT2D eigenvalue weighted by molar-refractivity contribution is 5.90. The van der Waals surface area contributed by atoms with Crippen molar-refractivity contribution in [1.82, 2.24) is 4.98 Å². The van der Waals surface area contributed by atoms with Crippen LogP contribution in [0.1, 0.15) is 82.0 Å². The maximum absolute atomic E-state index is 11.5. The molecule has 0 amide bonds. The van der Waals surface area contributed by atoms with Crippen LogP contribution in [0.5, 0.6) is 5.88 Å². The zero-order chi connectivity index (χ0) is 23.9. The van der Waals surface area contributed by atoms with Gasteiger partial charge in [0, 0.05) is 17.5 Å². The van der Waals surface area contributed by atoms with Gasteiger partial charge >= 0.3 is 5.97 Å². The molecule has 0 spiro atoms. The molecular weight excluding hydrogens is 430 g/mol. The lowest BCUT2D eigenvalue weighted by molar-refractivity contribution is -0.316. The van der Waals surface area contributed by atoms with Crippen LogP contribution < -0.4 is 4.74 Å². The SMILES string of the molecule is C=C1CCC2[C@]3(C)CO[C@@H](C4CCCC4)O[C@@H]3CC[C@@]2(C)[C@@H]1CCOc1ncccc1C(=O)O. The summed E-state index contributed by atoms with van der Waals surface area (Å²) in [6.45, 7) is 10.5. The largest absolute Gasteiger partial charge is 0.477 e. The summed E-state index contributed by atoms with van der Waals surface area (Å²) in [7, 11) is 0. The minimum absolute atomic E-state index is 0.0133. The van der Waals surface area contributed by atoms with Gasteiger partial charge in [-0.2, -0.15) is 0 Å². The second-order valence-corrected chi connectivity index (χ2v) is 11.5. The first-order valence-corrected chi connectivity index (χ1v) is 13.1. The highest BCUT2D eigenvalue weighted by Gasteiger charge is 2.60. The van der Waals surface area contributed by atoms with Crippen LogP contribution in [0, 0.1) is 28.6 Å². The van der Waals surface area contributed by atoms with Gasteiger partial charge in [0.2, 0.25) is 5.88 Å². The molecule has 0 bridgehead atoms. The fourth-order valence-corrected chi connectivity index (χ4v) is 7.80. The summed E-state index contributed by atoms with van der Waals surface area (Å²) >= 11 is 0. The minimum atomic E-state index is -1.02. The van der Waals surface area contributed by atoms with Crippen molar-refractivity contribution in [2.24, 2.45) is 28.6 Å². The molecule has 1 saturated heterocycles. The smallest absolute Gasteiger partial charge is 0.341 e. The quantitative estimate of drug-likeness (QED) is 0.525. The summed E-state index contributed by atoms with van der Waals surface area (Å²) in [5.74, 6) is 0.574. The molecule has 1 N–H and O–H groups in total. The molecule has 6 heteroatoms. The maximum Gasteiger partial charge on any atom is 0.341 e. The summed E-state index contributed by atoms with van der Waals surface area (Å²) in [6, 6.07) is 3.15. The molecule has 1 aliphatic heterocycles. The number of carboxylic acid groups (broad SMARTS) is 1. The number of ether oxygens (including phenoxy) is 3. The lowest BCUT2D eigenvalue weighted by Gasteiger charge is -2.63. The predicted molar refractivity (Wildman–Crippen MR) is 129 cm³/mol. The van der Waals surface area contributed by atoms with Gasteiger partial charge in [0.1, 0.15) is 5.56 Å². The van der Waals surface area contributed by atoms with Gasteiger partial charge in [-0.15, -0.1) is 0 Å². The van der Waals surface area contributed by atoms with Crippen molar-refractivity contribution in [3.63, 3.8) is 0 Å². The number of hydrogen-bond donors (Lipinski definition) is 1. The normalized spacial score (nSPS) is 38.2. The molecule has 1 aromatic rings. The molecule has 3 saturated carbocycles. The number of fused-ring (bicyclic) bond motifs is 3. The van der Waals surface area contributed by atoms with Crippen LogP contribution in [0.3, 0.4) is 0 Å². The molecule has 6 nitrogen and oxygen atoms in total. The Kier molecular flexibility index (Phi) is 6.49. The third kappa shape index (κ3) is 4.07. The van der Waals surface area contributed by atoms with Gasteiger partial charge in [-0.1, -0.05) is 38.8 Å². The Morgan fingerprint density at radius 3 is 2.79 bits per heavy atom. The Labute approximate surface area is 203 Å². The Bertz CT molecular complexity index is 927. The highest BCUT2D eigenvalue weighted by Crippen LogP contribution is 2.63. The number of nitrogens with zero attached hydrogens (tertiary/aromatic N) is 1. The Balaban J connectivity index is 1.29. The molecular formula is C28H39NO5. The van der Waals surface area contributed by atoms with Crippen LogP contribution in [0.15, 0.2) is 30.5 Å². The van der Waals surface area contributed by atoms with E-state index < -0.39 is 5.97 Å². The van der Waals surface area contributed by atoms with Gasteiger partial charge in [-0.3, -0.25) is 0 Å². The summed E-state index contributed by atoms with van der Waals surface area (Å²) in [4.78, 5) is 15.6. The van der Waals surface area contributed by atoms with Crippen molar-refractivity contribution in [2.45, 2.75) is 84.0 Å². The van der Waals surface area contributed by atoms with E-state index in [1.807, 2.05) is 0 Å². The van der Waals surface area contributed by atoms with Gasteiger partial charge in [0.05, 0.1) is 19.3 Å². The Morgan fingerprint density at radius 2 is 2.03 bits per heavy atom.